The van der Waals surface area contributed by atoms with Crippen LogP contribution in [0.25, 0.3) is 17.1 Å². The summed E-state index contributed by atoms with van der Waals surface area (Å²) in [7, 11) is 0. The third kappa shape index (κ3) is 3.65. The fourth-order valence-corrected chi connectivity index (χ4v) is 4.96. The standard InChI is InChI=1S/C25H22N4O2S/c1-17-15-18-9-5-7-13-21(18)28(17)23(31)16-32-25-27-26-24(20-12-6-8-14-22(20)30)29(25)19-10-3-2-4-11-19/h2-14,17,30H,15-16H2,1H3/t17-/m0/s1. The molecule has 0 fully saturated rings. The maximum Gasteiger partial charge on any atom is 0.237 e. The topological polar surface area (TPSA) is 71.2 Å². The molecule has 1 aliphatic heterocycles. The van der Waals surface area contributed by atoms with Crippen molar-refractivity contribution in [1.82, 2.24) is 14.8 Å². The number of hydrogen-bond donors (Lipinski definition) is 1. The summed E-state index contributed by atoms with van der Waals surface area (Å²) in [5, 5.41) is 19.7. The number of amides is 1. The van der Waals surface area contributed by atoms with Crippen LogP contribution in [0.1, 0.15) is 12.5 Å². The Hall–Kier alpha value is -3.58. The molecule has 6 nitrogen and oxygen atoms in total. The highest BCUT2D eigenvalue weighted by Crippen LogP contribution is 2.35. The second-order valence-electron chi connectivity index (χ2n) is 7.73. The molecule has 1 aliphatic rings. The number of phenolic OH excluding ortho intramolecular Hbond substituents is 1. The van der Waals surface area contributed by atoms with E-state index in [0.717, 1.165) is 17.8 Å². The summed E-state index contributed by atoms with van der Waals surface area (Å²) in [5.41, 5.74) is 3.65. The lowest BCUT2D eigenvalue weighted by Gasteiger charge is -2.22. The first-order chi connectivity index (χ1) is 15.6. The number of carbonyl (C=O) groups excluding carboxylic acids is 1. The lowest BCUT2D eigenvalue weighted by Crippen LogP contribution is -2.37. The van der Waals surface area contributed by atoms with Crippen LogP contribution in [0.2, 0.25) is 0 Å². The van der Waals surface area contributed by atoms with E-state index in [2.05, 4.69) is 23.2 Å². The molecule has 4 aromatic rings. The van der Waals surface area contributed by atoms with Gasteiger partial charge in [0.1, 0.15) is 5.75 Å². The van der Waals surface area contributed by atoms with E-state index in [-0.39, 0.29) is 23.5 Å². The van der Waals surface area contributed by atoms with Crippen molar-refractivity contribution in [1.29, 1.82) is 0 Å². The van der Waals surface area contributed by atoms with Crippen molar-refractivity contribution in [2.45, 2.75) is 24.5 Å². The summed E-state index contributed by atoms with van der Waals surface area (Å²) < 4.78 is 1.88. The number of fused-ring (bicyclic) bond motifs is 1. The molecule has 32 heavy (non-hydrogen) atoms. The molecule has 0 unspecified atom stereocenters. The van der Waals surface area contributed by atoms with Gasteiger partial charge in [-0.15, -0.1) is 10.2 Å². The number of phenols is 1. The molecule has 0 saturated carbocycles. The van der Waals surface area contributed by atoms with E-state index in [1.54, 1.807) is 18.2 Å². The Balaban J connectivity index is 1.46. The largest absolute Gasteiger partial charge is 0.507 e. The molecule has 5 rings (SSSR count). The Morgan fingerprint density at radius 3 is 2.53 bits per heavy atom. The minimum Gasteiger partial charge on any atom is -0.507 e. The Labute approximate surface area is 190 Å². The molecule has 3 aromatic carbocycles. The van der Waals surface area contributed by atoms with Gasteiger partial charge in [-0.25, -0.2) is 0 Å². The normalized spacial score (nSPS) is 15.0. The van der Waals surface area contributed by atoms with Crippen molar-refractivity contribution < 1.29 is 9.90 Å². The van der Waals surface area contributed by atoms with Crippen LogP contribution in [0.4, 0.5) is 5.69 Å². The van der Waals surface area contributed by atoms with Crippen molar-refractivity contribution in [2.24, 2.45) is 0 Å². The first kappa shape index (κ1) is 20.3. The minimum atomic E-state index is 0.0409. The van der Waals surface area contributed by atoms with Crippen molar-refractivity contribution in [3.63, 3.8) is 0 Å². The van der Waals surface area contributed by atoms with Crippen LogP contribution in [0.5, 0.6) is 5.75 Å². The Morgan fingerprint density at radius 2 is 1.72 bits per heavy atom. The first-order valence-corrected chi connectivity index (χ1v) is 11.4. The Morgan fingerprint density at radius 1 is 1.00 bits per heavy atom. The van der Waals surface area contributed by atoms with Crippen molar-refractivity contribution in [3.8, 4) is 22.8 Å². The molecule has 0 radical (unpaired) electrons. The van der Waals surface area contributed by atoms with Gasteiger partial charge in [0.2, 0.25) is 5.91 Å². The van der Waals surface area contributed by atoms with E-state index < -0.39 is 0 Å². The number of anilines is 1. The number of aromatic nitrogens is 3. The zero-order valence-electron chi connectivity index (χ0n) is 17.5. The van der Waals surface area contributed by atoms with Gasteiger partial charge in [0.05, 0.1) is 11.3 Å². The van der Waals surface area contributed by atoms with Gasteiger partial charge in [-0.3, -0.25) is 9.36 Å². The summed E-state index contributed by atoms with van der Waals surface area (Å²) in [6.07, 6.45) is 0.865. The SMILES string of the molecule is C[C@H]1Cc2ccccc2N1C(=O)CSc1nnc(-c2ccccc2O)n1-c1ccccc1. The van der Waals surface area contributed by atoms with E-state index in [1.807, 2.05) is 64.1 Å². The fourth-order valence-electron chi connectivity index (χ4n) is 4.15. The molecular formula is C25H22N4O2S. The number of hydrogen-bond acceptors (Lipinski definition) is 5. The summed E-state index contributed by atoms with van der Waals surface area (Å²) in [5.74, 6) is 0.945. The van der Waals surface area contributed by atoms with Gasteiger partial charge in [-0.2, -0.15) is 0 Å². The quantitative estimate of drug-likeness (QED) is 0.453. The van der Waals surface area contributed by atoms with Crippen LogP contribution in [0, 0.1) is 0 Å². The van der Waals surface area contributed by atoms with Crippen LogP contribution in [0.15, 0.2) is 84.0 Å². The number of thioether (sulfide) groups is 1. The molecule has 1 aromatic heterocycles. The Bertz CT molecular complexity index is 1270. The van der Waals surface area contributed by atoms with Crippen molar-refractivity contribution >= 4 is 23.4 Å². The fraction of sp³-hybridized carbons (Fsp3) is 0.160. The molecule has 0 spiro atoms. The predicted molar refractivity (Wildman–Crippen MR) is 126 cm³/mol. The summed E-state index contributed by atoms with van der Waals surface area (Å²) in [6.45, 7) is 2.07. The number of nitrogens with zero attached hydrogens (tertiary/aromatic N) is 4. The highest BCUT2D eigenvalue weighted by Gasteiger charge is 2.31. The average molecular weight is 443 g/mol. The second kappa shape index (κ2) is 8.51. The van der Waals surface area contributed by atoms with Gasteiger partial charge in [-0.05, 0) is 49.2 Å². The van der Waals surface area contributed by atoms with E-state index in [4.69, 9.17) is 0 Å². The Kier molecular flexibility index (Phi) is 5.41. The third-order valence-electron chi connectivity index (χ3n) is 5.59. The smallest absolute Gasteiger partial charge is 0.237 e. The molecule has 1 N–H and O–H groups in total. The third-order valence-corrected chi connectivity index (χ3v) is 6.51. The van der Waals surface area contributed by atoms with Gasteiger partial charge >= 0.3 is 0 Å². The number of para-hydroxylation sites is 3. The zero-order valence-corrected chi connectivity index (χ0v) is 18.4. The highest BCUT2D eigenvalue weighted by molar-refractivity contribution is 7.99. The van der Waals surface area contributed by atoms with Crippen LogP contribution in [-0.2, 0) is 11.2 Å². The number of carbonyl (C=O) groups is 1. The van der Waals surface area contributed by atoms with Crippen LogP contribution < -0.4 is 4.90 Å². The lowest BCUT2D eigenvalue weighted by molar-refractivity contribution is -0.116. The monoisotopic (exact) mass is 442 g/mol. The molecular weight excluding hydrogens is 420 g/mol. The van der Waals surface area contributed by atoms with Crippen molar-refractivity contribution in [3.05, 3.63) is 84.4 Å². The van der Waals surface area contributed by atoms with Crippen LogP contribution >= 0.6 is 11.8 Å². The maximum atomic E-state index is 13.2. The second-order valence-corrected chi connectivity index (χ2v) is 8.67. The van der Waals surface area contributed by atoms with Gasteiger partial charge in [0.15, 0.2) is 11.0 Å². The zero-order chi connectivity index (χ0) is 22.1. The first-order valence-electron chi connectivity index (χ1n) is 10.5. The molecule has 1 atom stereocenters. The number of aromatic hydroxyl groups is 1. The minimum absolute atomic E-state index is 0.0409. The van der Waals surface area contributed by atoms with Crippen LogP contribution in [-0.4, -0.2) is 37.6 Å². The van der Waals surface area contributed by atoms with Gasteiger partial charge in [0, 0.05) is 17.4 Å². The molecule has 0 saturated heterocycles. The van der Waals surface area contributed by atoms with Gasteiger partial charge < -0.3 is 10.0 Å². The van der Waals surface area contributed by atoms with E-state index in [9.17, 15) is 9.90 Å². The number of rotatable bonds is 5. The molecule has 2 heterocycles. The summed E-state index contributed by atoms with van der Waals surface area (Å²) in [4.78, 5) is 15.1. The maximum absolute atomic E-state index is 13.2. The van der Waals surface area contributed by atoms with E-state index in [0.29, 0.717) is 16.5 Å². The predicted octanol–water partition coefficient (Wildman–Crippen LogP) is 4.71. The lowest BCUT2D eigenvalue weighted by atomic mass is 10.1. The summed E-state index contributed by atoms with van der Waals surface area (Å²) >= 11 is 1.35. The highest BCUT2D eigenvalue weighted by atomic mass is 32.2. The molecule has 1 amide bonds. The van der Waals surface area contributed by atoms with E-state index >= 15 is 0 Å². The van der Waals surface area contributed by atoms with Gasteiger partial charge in [0.25, 0.3) is 0 Å². The summed E-state index contributed by atoms with van der Waals surface area (Å²) in [6, 6.07) is 25.0. The average Bonchev–Trinajstić information content (AvgIpc) is 3.38. The van der Waals surface area contributed by atoms with Crippen molar-refractivity contribution in [2.75, 3.05) is 10.7 Å². The van der Waals surface area contributed by atoms with Gasteiger partial charge in [-0.1, -0.05) is 60.3 Å². The molecule has 160 valence electrons. The van der Waals surface area contributed by atoms with Crippen LogP contribution in [0.3, 0.4) is 0 Å². The molecule has 0 bridgehead atoms. The molecule has 7 heteroatoms. The number of benzene rings is 3. The van der Waals surface area contributed by atoms with E-state index in [1.165, 1.54) is 17.3 Å². The molecule has 0 aliphatic carbocycles.